The van der Waals surface area contributed by atoms with Crippen molar-refractivity contribution in [2.45, 2.75) is 18.9 Å². The van der Waals surface area contributed by atoms with Crippen LogP contribution in [0.4, 0.5) is 0 Å². The van der Waals surface area contributed by atoms with Crippen molar-refractivity contribution >= 4 is 18.0 Å². The summed E-state index contributed by atoms with van der Waals surface area (Å²) in [6.07, 6.45) is 6.00. The molecular formula is C12H12N2O3. The number of aromatic nitrogens is 1. The summed E-state index contributed by atoms with van der Waals surface area (Å²) >= 11 is 0. The van der Waals surface area contributed by atoms with Crippen molar-refractivity contribution in [3.05, 3.63) is 35.7 Å². The molecule has 0 aliphatic heterocycles. The van der Waals surface area contributed by atoms with E-state index < -0.39 is 5.97 Å². The summed E-state index contributed by atoms with van der Waals surface area (Å²) in [6.45, 7) is 0. The Balaban J connectivity index is 2.01. The topological polar surface area (TPSA) is 79.3 Å². The van der Waals surface area contributed by atoms with Crippen LogP contribution >= 0.6 is 0 Å². The van der Waals surface area contributed by atoms with E-state index in [1.165, 1.54) is 12.3 Å². The lowest BCUT2D eigenvalue weighted by Gasteiger charge is -2.02. The van der Waals surface area contributed by atoms with E-state index in [0.29, 0.717) is 17.3 Å². The Morgan fingerprint density at radius 1 is 1.41 bits per heavy atom. The number of aliphatic carboxylic acids is 1. The highest BCUT2D eigenvalue weighted by molar-refractivity contribution is 5.92. The highest BCUT2D eigenvalue weighted by Gasteiger charge is 2.24. The largest absolute Gasteiger partial charge is 0.478 e. The number of nitrogens with one attached hydrogen (secondary N) is 1. The molecule has 0 unspecified atom stereocenters. The lowest BCUT2D eigenvalue weighted by atomic mass is 10.2. The second-order valence-electron chi connectivity index (χ2n) is 3.90. The lowest BCUT2D eigenvalue weighted by Crippen LogP contribution is -2.26. The molecule has 1 aromatic rings. The molecule has 5 heteroatoms. The fraction of sp³-hybridized carbons (Fsp3) is 0.250. The van der Waals surface area contributed by atoms with Crippen LogP contribution in [0, 0.1) is 0 Å². The van der Waals surface area contributed by atoms with Crippen LogP contribution in [0.15, 0.2) is 24.4 Å². The van der Waals surface area contributed by atoms with Crippen LogP contribution in [-0.2, 0) is 4.79 Å². The summed E-state index contributed by atoms with van der Waals surface area (Å²) in [4.78, 5) is 25.9. The quantitative estimate of drug-likeness (QED) is 0.761. The number of pyridine rings is 1. The van der Waals surface area contributed by atoms with Gasteiger partial charge < -0.3 is 10.4 Å². The van der Waals surface area contributed by atoms with Crippen LogP contribution in [0.3, 0.4) is 0 Å². The monoisotopic (exact) mass is 232 g/mol. The molecule has 0 atom stereocenters. The molecule has 1 fully saturated rings. The summed E-state index contributed by atoms with van der Waals surface area (Å²) in [7, 11) is 0. The van der Waals surface area contributed by atoms with Crippen LogP contribution in [0.1, 0.15) is 28.9 Å². The van der Waals surface area contributed by atoms with Gasteiger partial charge in [-0.1, -0.05) is 6.07 Å². The normalized spacial score (nSPS) is 14.8. The van der Waals surface area contributed by atoms with E-state index in [2.05, 4.69) is 10.3 Å². The molecule has 2 N–H and O–H groups in total. The van der Waals surface area contributed by atoms with Gasteiger partial charge in [0.1, 0.15) is 5.69 Å². The van der Waals surface area contributed by atoms with E-state index in [-0.39, 0.29) is 5.91 Å². The number of hydrogen-bond acceptors (Lipinski definition) is 3. The Labute approximate surface area is 98.2 Å². The van der Waals surface area contributed by atoms with E-state index in [4.69, 9.17) is 5.11 Å². The predicted molar refractivity (Wildman–Crippen MR) is 61.4 cm³/mol. The van der Waals surface area contributed by atoms with Crippen LogP contribution in [0.2, 0.25) is 0 Å². The fourth-order valence-corrected chi connectivity index (χ4v) is 1.29. The van der Waals surface area contributed by atoms with Crippen LogP contribution in [0.5, 0.6) is 0 Å². The number of rotatable bonds is 4. The number of carboxylic acids is 1. The maximum Gasteiger partial charge on any atom is 0.328 e. The zero-order valence-corrected chi connectivity index (χ0v) is 9.09. The smallest absolute Gasteiger partial charge is 0.328 e. The maximum atomic E-state index is 11.6. The number of hydrogen-bond donors (Lipinski definition) is 2. The minimum atomic E-state index is -1.01. The lowest BCUT2D eigenvalue weighted by molar-refractivity contribution is -0.131. The third-order valence-electron chi connectivity index (χ3n) is 2.35. The van der Waals surface area contributed by atoms with E-state index >= 15 is 0 Å². The number of nitrogens with zero attached hydrogens (tertiary/aromatic N) is 1. The predicted octanol–water partition coefficient (Wildman–Crippen LogP) is 1.07. The van der Waals surface area contributed by atoms with Gasteiger partial charge in [0.15, 0.2) is 0 Å². The Bertz CT molecular complexity index is 461. The van der Waals surface area contributed by atoms with Gasteiger partial charge in [-0.05, 0) is 30.5 Å². The van der Waals surface area contributed by atoms with Crippen molar-refractivity contribution in [3.63, 3.8) is 0 Å². The average molecular weight is 232 g/mol. The van der Waals surface area contributed by atoms with Crippen LogP contribution in [0.25, 0.3) is 6.08 Å². The molecule has 1 heterocycles. The zero-order valence-electron chi connectivity index (χ0n) is 9.09. The number of carboxylic acid groups (broad SMARTS) is 1. The third kappa shape index (κ3) is 3.41. The van der Waals surface area contributed by atoms with Gasteiger partial charge in [0, 0.05) is 18.3 Å². The summed E-state index contributed by atoms with van der Waals surface area (Å²) in [5.74, 6) is -1.19. The first-order valence-electron chi connectivity index (χ1n) is 5.33. The standard InChI is InChI=1S/C12H12N2O3/c15-11(16)6-2-8-1-5-10(13-7-8)12(17)14-9-3-4-9/h1-2,5-7,9H,3-4H2,(H,14,17)(H,15,16). The minimum absolute atomic E-state index is 0.179. The van der Waals surface area contributed by atoms with Crippen molar-refractivity contribution in [2.75, 3.05) is 0 Å². The summed E-state index contributed by atoms with van der Waals surface area (Å²) in [6, 6.07) is 3.55. The van der Waals surface area contributed by atoms with E-state index in [1.807, 2.05) is 0 Å². The van der Waals surface area contributed by atoms with Gasteiger partial charge in [-0.3, -0.25) is 9.78 Å². The van der Waals surface area contributed by atoms with Crippen molar-refractivity contribution < 1.29 is 14.7 Å². The summed E-state index contributed by atoms with van der Waals surface area (Å²) in [5, 5.41) is 11.3. The first-order valence-corrected chi connectivity index (χ1v) is 5.33. The molecule has 1 aliphatic carbocycles. The number of carbonyl (C=O) groups excluding carboxylic acids is 1. The van der Waals surface area contributed by atoms with Crippen molar-refractivity contribution in [1.29, 1.82) is 0 Å². The van der Waals surface area contributed by atoms with E-state index in [0.717, 1.165) is 18.9 Å². The fourth-order valence-electron chi connectivity index (χ4n) is 1.29. The van der Waals surface area contributed by atoms with E-state index in [9.17, 15) is 9.59 Å². The Kier molecular flexibility index (Phi) is 3.18. The SMILES string of the molecule is O=C(O)C=Cc1ccc(C(=O)NC2CC2)nc1. The molecule has 1 aliphatic rings. The second-order valence-corrected chi connectivity index (χ2v) is 3.90. The molecular weight excluding hydrogens is 220 g/mol. The molecule has 1 amide bonds. The Hall–Kier alpha value is -2.17. The third-order valence-corrected chi connectivity index (χ3v) is 2.35. The molecule has 0 spiro atoms. The van der Waals surface area contributed by atoms with Crippen molar-refractivity contribution in [3.8, 4) is 0 Å². The maximum absolute atomic E-state index is 11.6. The van der Waals surface area contributed by atoms with E-state index in [1.54, 1.807) is 12.1 Å². The molecule has 0 saturated heterocycles. The average Bonchev–Trinajstić information content (AvgIpc) is 3.11. The van der Waals surface area contributed by atoms with Crippen LogP contribution in [-0.4, -0.2) is 28.0 Å². The summed E-state index contributed by atoms with van der Waals surface area (Å²) < 4.78 is 0. The van der Waals surface area contributed by atoms with Gasteiger partial charge in [0.2, 0.25) is 0 Å². The van der Waals surface area contributed by atoms with Gasteiger partial charge >= 0.3 is 5.97 Å². The van der Waals surface area contributed by atoms with Gasteiger partial charge in [0.25, 0.3) is 5.91 Å². The molecule has 17 heavy (non-hydrogen) atoms. The molecule has 0 bridgehead atoms. The second kappa shape index (κ2) is 4.78. The highest BCUT2D eigenvalue weighted by Crippen LogP contribution is 2.19. The zero-order chi connectivity index (χ0) is 12.3. The molecule has 1 aromatic heterocycles. The molecule has 0 aromatic carbocycles. The van der Waals surface area contributed by atoms with Gasteiger partial charge in [-0.2, -0.15) is 0 Å². The summed E-state index contributed by atoms with van der Waals surface area (Å²) in [5.41, 5.74) is 1.000. The minimum Gasteiger partial charge on any atom is -0.478 e. The Morgan fingerprint density at radius 3 is 2.71 bits per heavy atom. The molecule has 2 rings (SSSR count). The number of carbonyl (C=O) groups is 2. The first kappa shape index (κ1) is 11.3. The Morgan fingerprint density at radius 2 is 2.18 bits per heavy atom. The first-order chi connectivity index (χ1) is 8.15. The molecule has 0 radical (unpaired) electrons. The molecule has 1 saturated carbocycles. The van der Waals surface area contributed by atoms with Gasteiger partial charge in [0.05, 0.1) is 0 Å². The van der Waals surface area contributed by atoms with Crippen LogP contribution < -0.4 is 5.32 Å². The molecule has 88 valence electrons. The van der Waals surface area contributed by atoms with Gasteiger partial charge in [-0.15, -0.1) is 0 Å². The highest BCUT2D eigenvalue weighted by atomic mass is 16.4. The molecule has 5 nitrogen and oxygen atoms in total. The number of amides is 1. The van der Waals surface area contributed by atoms with Gasteiger partial charge in [-0.25, -0.2) is 4.79 Å². The van der Waals surface area contributed by atoms with Crippen molar-refractivity contribution in [2.24, 2.45) is 0 Å². The van der Waals surface area contributed by atoms with Crippen molar-refractivity contribution in [1.82, 2.24) is 10.3 Å².